The van der Waals surface area contributed by atoms with Gasteiger partial charge in [-0.15, -0.1) is 4.91 Å². The van der Waals surface area contributed by atoms with E-state index < -0.39 is 12.0 Å². The molecular weight excluding hydrogens is 306 g/mol. The quantitative estimate of drug-likeness (QED) is 0.704. The van der Waals surface area contributed by atoms with Crippen LogP contribution >= 0.6 is 0 Å². The summed E-state index contributed by atoms with van der Waals surface area (Å²) in [7, 11) is 1.85. The molecule has 1 atom stereocenters. The summed E-state index contributed by atoms with van der Waals surface area (Å²) in [6, 6.07) is 12.4. The molecule has 3 N–H and O–H groups in total. The molecule has 6 heteroatoms. The van der Waals surface area contributed by atoms with Crippen LogP contribution in [0.3, 0.4) is 0 Å². The maximum Gasteiger partial charge on any atom is 0.320 e. The molecule has 122 valence electrons. The first-order valence-electron chi connectivity index (χ1n) is 7.50. The molecule has 3 aromatic rings. The van der Waals surface area contributed by atoms with Gasteiger partial charge in [-0.1, -0.05) is 30.3 Å². The molecule has 1 unspecified atom stereocenters. The van der Waals surface area contributed by atoms with Crippen molar-refractivity contribution in [3.63, 3.8) is 0 Å². The minimum Gasteiger partial charge on any atom is -0.480 e. The third kappa shape index (κ3) is 2.79. The lowest BCUT2D eigenvalue weighted by Crippen LogP contribution is -2.32. The van der Waals surface area contributed by atoms with Gasteiger partial charge in [0.1, 0.15) is 11.7 Å². The van der Waals surface area contributed by atoms with Crippen LogP contribution in [0.4, 0.5) is 5.69 Å². The molecular formula is C18H17N3O3. The normalized spacial score (nSPS) is 12.2. The first-order chi connectivity index (χ1) is 11.5. The molecule has 2 aromatic carbocycles. The van der Waals surface area contributed by atoms with Crippen molar-refractivity contribution in [3.05, 3.63) is 59.1 Å². The monoisotopic (exact) mass is 323 g/mol. The van der Waals surface area contributed by atoms with Crippen LogP contribution in [0.2, 0.25) is 0 Å². The van der Waals surface area contributed by atoms with E-state index in [0.29, 0.717) is 16.6 Å². The molecule has 0 aliphatic rings. The summed E-state index contributed by atoms with van der Waals surface area (Å²) in [4.78, 5) is 22.4. The summed E-state index contributed by atoms with van der Waals surface area (Å²) in [6.07, 6.45) is 1.94. The number of carboxylic acid groups (broad SMARTS) is 1. The SMILES string of the molecule is Cn1cc(CC(N)C(=O)O)c2c(N=O)cc(-c3ccccc3)cc21. The van der Waals surface area contributed by atoms with Crippen LogP contribution in [-0.4, -0.2) is 21.7 Å². The number of carboxylic acids is 1. The van der Waals surface area contributed by atoms with Gasteiger partial charge in [-0.25, -0.2) is 0 Å². The topological polar surface area (TPSA) is 97.7 Å². The second kappa shape index (κ2) is 6.25. The van der Waals surface area contributed by atoms with Gasteiger partial charge in [0.15, 0.2) is 0 Å². The Bertz CT molecular complexity index is 916. The number of aromatic nitrogens is 1. The van der Waals surface area contributed by atoms with E-state index in [1.54, 1.807) is 12.3 Å². The van der Waals surface area contributed by atoms with Crippen LogP contribution in [0.1, 0.15) is 5.56 Å². The Morgan fingerprint density at radius 3 is 2.58 bits per heavy atom. The standard InChI is InChI=1S/C18H17N3O3/c1-21-10-13(7-14(19)18(22)23)17-15(20-24)8-12(9-16(17)21)11-5-3-2-4-6-11/h2-6,8-10,14H,7,19H2,1H3,(H,22,23). The highest BCUT2D eigenvalue weighted by Gasteiger charge is 2.19. The van der Waals surface area contributed by atoms with Crippen LogP contribution < -0.4 is 5.73 Å². The predicted molar refractivity (Wildman–Crippen MR) is 93.1 cm³/mol. The number of aryl methyl sites for hydroxylation is 1. The van der Waals surface area contributed by atoms with E-state index >= 15 is 0 Å². The van der Waals surface area contributed by atoms with Gasteiger partial charge in [0.05, 0.1) is 5.52 Å². The minimum absolute atomic E-state index is 0.139. The zero-order chi connectivity index (χ0) is 17.3. The molecule has 0 spiro atoms. The Morgan fingerprint density at radius 2 is 1.96 bits per heavy atom. The second-order valence-corrected chi connectivity index (χ2v) is 5.76. The van der Waals surface area contributed by atoms with E-state index in [1.807, 2.05) is 48.0 Å². The number of nitrogens with two attached hydrogens (primary N) is 1. The molecule has 3 rings (SSSR count). The van der Waals surface area contributed by atoms with Gasteiger partial charge in [-0.05, 0) is 34.0 Å². The Labute approximate surface area is 138 Å². The molecule has 0 aliphatic carbocycles. The van der Waals surface area contributed by atoms with E-state index in [9.17, 15) is 9.70 Å². The van der Waals surface area contributed by atoms with E-state index in [2.05, 4.69) is 5.18 Å². The molecule has 0 saturated heterocycles. The predicted octanol–water partition coefficient (Wildman–Crippen LogP) is 3.20. The van der Waals surface area contributed by atoms with Crippen molar-refractivity contribution >= 4 is 22.6 Å². The minimum atomic E-state index is -1.08. The number of rotatable bonds is 5. The molecule has 0 aliphatic heterocycles. The molecule has 1 aromatic heterocycles. The van der Waals surface area contributed by atoms with Crippen LogP contribution in [0, 0.1) is 4.91 Å². The van der Waals surface area contributed by atoms with Crippen LogP contribution in [0.5, 0.6) is 0 Å². The first-order valence-corrected chi connectivity index (χ1v) is 7.50. The number of aliphatic carboxylic acids is 1. The van der Waals surface area contributed by atoms with Gasteiger partial charge in [0, 0.05) is 25.1 Å². The maximum atomic E-state index is 11.4. The van der Waals surface area contributed by atoms with Gasteiger partial charge in [-0.3, -0.25) is 4.79 Å². The number of hydrogen-bond donors (Lipinski definition) is 2. The van der Waals surface area contributed by atoms with Gasteiger partial charge in [-0.2, -0.15) is 0 Å². The Kier molecular flexibility index (Phi) is 4.14. The molecule has 0 fully saturated rings. The van der Waals surface area contributed by atoms with Crippen LogP contribution in [0.25, 0.3) is 22.0 Å². The highest BCUT2D eigenvalue weighted by atomic mass is 16.4. The smallest absolute Gasteiger partial charge is 0.320 e. The summed E-state index contributed by atoms with van der Waals surface area (Å²) in [6.45, 7) is 0. The van der Waals surface area contributed by atoms with Crippen LogP contribution in [-0.2, 0) is 18.3 Å². The highest BCUT2D eigenvalue weighted by molar-refractivity contribution is 5.98. The highest BCUT2D eigenvalue weighted by Crippen LogP contribution is 2.36. The number of hydrogen-bond acceptors (Lipinski definition) is 4. The summed E-state index contributed by atoms with van der Waals surface area (Å²) >= 11 is 0. The summed E-state index contributed by atoms with van der Waals surface area (Å²) in [5.74, 6) is -1.08. The third-order valence-corrected chi connectivity index (χ3v) is 4.11. The van der Waals surface area contributed by atoms with E-state index in [1.165, 1.54) is 0 Å². The Hall–Kier alpha value is -2.99. The lowest BCUT2D eigenvalue weighted by atomic mass is 9.99. The number of carbonyl (C=O) groups is 1. The fourth-order valence-corrected chi connectivity index (χ4v) is 2.94. The maximum absolute atomic E-state index is 11.4. The number of benzene rings is 2. The first kappa shape index (κ1) is 15.9. The fourth-order valence-electron chi connectivity index (χ4n) is 2.94. The van der Waals surface area contributed by atoms with Crippen molar-refractivity contribution in [1.82, 2.24) is 4.57 Å². The third-order valence-electron chi connectivity index (χ3n) is 4.11. The molecule has 0 bridgehead atoms. The summed E-state index contributed by atoms with van der Waals surface area (Å²) in [5, 5.41) is 12.8. The molecule has 0 amide bonds. The lowest BCUT2D eigenvalue weighted by Gasteiger charge is -2.07. The average Bonchev–Trinajstić information content (AvgIpc) is 2.90. The van der Waals surface area contributed by atoms with Crippen molar-refractivity contribution in [2.24, 2.45) is 18.0 Å². The van der Waals surface area contributed by atoms with Gasteiger partial charge in [0.2, 0.25) is 0 Å². The van der Waals surface area contributed by atoms with E-state index in [4.69, 9.17) is 10.8 Å². The van der Waals surface area contributed by atoms with E-state index in [0.717, 1.165) is 16.6 Å². The molecule has 1 heterocycles. The Balaban J connectivity index is 2.18. The van der Waals surface area contributed by atoms with Gasteiger partial charge in [0.25, 0.3) is 0 Å². The van der Waals surface area contributed by atoms with Crippen molar-refractivity contribution < 1.29 is 9.90 Å². The van der Waals surface area contributed by atoms with Gasteiger partial charge < -0.3 is 15.4 Å². The molecule has 0 saturated carbocycles. The van der Waals surface area contributed by atoms with Gasteiger partial charge >= 0.3 is 5.97 Å². The number of nitroso groups, excluding NO2 is 1. The fraction of sp³-hybridized carbons (Fsp3) is 0.167. The van der Waals surface area contributed by atoms with Crippen LogP contribution in [0.15, 0.2) is 53.8 Å². The van der Waals surface area contributed by atoms with E-state index in [-0.39, 0.29) is 6.42 Å². The molecule has 0 radical (unpaired) electrons. The summed E-state index contributed by atoms with van der Waals surface area (Å²) in [5.41, 5.74) is 9.32. The second-order valence-electron chi connectivity index (χ2n) is 5.76. The average molecular weight is 323 g/mol. The largest absolute Gasteiger partial charge is 0.480 e. The lowest BCUT2D eigenvalue weighted by molar-refractivity contribution is -0.138. The molecule has 24 heavy (non-hydrogen) atoms. The summed E-state index contributed by atoms with van der Waals surface area (Å²) < 4.78 is 1.86. The van der Waals surface area contributed by atoms with Crippen molar-refractivity contribution in [1.29, 1.82) is 0 Å². The number of nitrogens with zero attached hydrogens (tertiary/aromatic N) is 2. The van der Waals surface area contributed by atoms with Crippen molar-refractivity contribution in [3.8, 4) is 11.1 Å². The number of fused-ring (bicyclic) bond motifs is 1. The zero-order valence-electron chi connectivity index (χ0n) is 13.1. The zero-order valence-corrected chi connectivity index (χ0v) is 13.1. The molecule has 6 nitrogen and oxygen atoms in total. The van der Waals surface area contributed by atoms with Crippen molar-refractivity contribution in [2.45, 2.75) is 12.5 Å². The Morgan fingerprint density at radius 1 is 1.25 bits per heavy atom. The van der Waals surface area contributed by atoms with Crippen molar-refractivity contribution in [2.75, 3.05) is 0 Å².